The quantitative estimate of drug-likeness (QED) is 0.863. The van der Waals surface area contributed by atoms with Crippen molar-refractivity contribution in [2.24, 2.45) is 0 Å². The van der Waals surface area contributed by atoms with Gasteiger partial charge in [0.15, 0.2) is 5.75 Å². The highest BCUT2D eigenvalue weighted by atomic mass is 19.4. The zero-order valence-electron chi connectivity index (χ0n) is 13.6. The van der Waals surface area contributed by atoms with Gasteiger partial charge in [0.2, 0.25) is 0 Å². The summed E-state index contributed by atoms with van der Waals surface area (Å²) in [7, 11) is 0. The first kappa shape index (κ1) is 17.4. The van der Waals surface area contributed by atoms with Gasteiger partial charge in [-0.3, -0.25) is 0 Å². The summed E-state index contributed by atoms with van der Waals surface area (Å²) in [4.78, 5) is 2.14. The average molecular weight is 351 g/mol. The molecule has 1 aliphatic heterocycles. The number of nitrogens with zero attached hydrogens (tertiary/aromatic N) is 1. The number of halogens is 3. The minimum absolute atomic E-state index is 0.220. The van der Waals surface area contributed by atoms with Crippen molar-refractivity contribution in [3.8, 4) is 5.75 Å². The molecule has 0 aliphatic carbocycles. The molecule has 1 aliphatic rings. The van der Waals surface area contributed by atoms with Crippen molar-refractivity contribution in [2.75, 3.05) is 36.4 Å². The van der Waals surface area contributed by atoms with Crippen molar-refractivity contribution in [1.29, 1.82) is 0 Å². The van der Waals surface area contributed by atoms with Crippen LogP contribution in [0.2, 0.25) is 0 Å². The number of benzene rings is 2. The van der Waals surface area contributed by atoms with E-state index in [0.717, 1.165) is 37.4 Å². The lowest BCUT2D eigenvalue weighted by Gasteiger charge is -2.30. The number of hydrogen-bond acceptors (Lipinski definition) is 4. The summed E-state index contributed by atoms with van der Waals surface area (Å²) in [6, 6.07) is 14.3. The first-order valence-electron chi connectivity index (χ1n) is 8.14. The molecule has 0 bridgehead atoms. The molecule has 0 radical (unpaired) electrons. The fourth-order valence-corrected chi connectivity index (χ4v) is 2.78. The van der Waals surface area contributed by atoms with Crippen LogP contribution in [-0.2, 0) is 6.54 Å². The van der Waals surface area contributed by atoms with Crippen molar-refractivity contribution in [1.82, 2.24) is 5.32 Å². The lowest BCUT2D eigenvalue weighted by molar-refractivity contribution is -0.274. The summed E-state index contributed by atoms with van der Waals surface area (Å²) in [5, 5.41) is 6.32. The van der Waals surface area contributed by atoms with Gasteiger partial charge in [0, 0.05) is 38.4 Å². The number of nitrogens with one attached hydrogen (secondary N) is 2. The lowest BCUT2D eigenvalue weighted by Crippen LogP contribution is -2.43. The molecular formula is C18H20F3N3O. The predicted octanol–water partition coefficient (Wildman–Crippen LogP) is 3.61. The van der Waals surface area contributed by atoms with E-state index in [0.29, 0.717) is 12.2 Å². The molecule has 4 nitrogen and oxygen atoms in total. The maximum absolute atomic E-state index is 12.7. The third kappa shape index (κ3) is 5.03. The molecule has 0 amide bonds. The van der Waals surface area contributed by atoms with E-state index < -0.39 is 6.36 Å². The number of hydrogen-bond donors (Lipinski definition) is 2. The van der Waals surface area contributed by atoms with E-state index in [9.17, 15) is 13.2 Å². The zero-order valence-corrected chi connectivity index (χ0v) is 13.6. The Balaban J connectivity index is 1.81. The van der Waals surface area contributed by atoms with Gasteiger partial charge in [-0.05, 0) is 23.8 Å². The Kier molecular flexibility index (Phi) is 5.33. The van der Waals surface area contributed by atoms with Crippen LogP contribution in [0.25, 0.3) is 0 Å². The average Bonchev–Trinajstić information content (AvgIpc) is 2.61. The van der Waals surface area contributed by atoms with E-state index in [2.05, 4.69) is 20.3 Å². The van der Waals surface area contributed by atoms with Gasteiger partial charge in [-0.15, -0.1) is 13.2 Å². The highest BCUT2D eigenvalue weighted by molar-refractivity contribution is 5.66. The van der Waals surface area contributed by atoms with Crippen LogP contribution in [0.15, 0.2) is 48.5 Å². The van der Waals surface area contributed by atoms with Crippen LogP contribution in [0.1, 0.15) is 5.56 Å². The van der Waals surface area contributed by atoms with E-state index in [4.69, 9.17) is 0 Å². The van der Waals surface area contributed by atoms with Gasteiger partial charge < -0.3 is 20.3 Å². The Morgan fingerprint density at radius 1 is 1.04 bits per heavy atom. The van der Waals surface area contributed by atoms with E-state index >= 15 is 0 Å². The summed E-state index contributed by atoms with van der Waals surface area (Å²) in [6.07, 6.45) is -4.72. The van der Waals surface area contributed by atoms with Crippen LogP contribution < -0.4 is 20.3 Å². The second kappa shape index (κ2) is 7.65. The molecule has 0 spiro atoms. The molecular weight excluding hydrogens is 331 g/mol. The molecule has 1 fully saturated rings. The third-order valence-corrected chi connectivity index (χ3v) is 4.00. The van der Waals surface area contributed by atoms with Crippen LogP contribution in [0.3, 0.4) is 0 Å². The summed E-state index contributed by atoms with van der Waals surface area (Å²) in [5.41, 5.74) is 2.19. The van der Waals surface area contributed by atoms with Gasteiger partial charge in [0.25, 0.3) is 0 Å². The number of piperazine rings is 1. The minimum Gasteiger partial charge on any atom is -0.404 e. The molecule has 0 atom stereocenters. The smallest absolute Gasteiger partial charge is 0.404 e. The van der Waals surface area contributed by atoms with Crippen molar-refractivity contribution in [3.05, 3.63) is 54.1 Å². The standard InChI is InChI=1S/C18H20F3N3O/c19-18(20,21)25-17-7-6-15(24-10-8-22-9-11-24)12-16(17)23-13-14-4-2-1-3-5-14/h1-7,12,22-23H,8-11,13H2. The molecule has 1 saturated heterocycles. The van der Waals surface area contributed by atoms with Crippen LogP contribution in [0.5, 0.6) is 5.75 Å². The van der Waals surface area contributed by atoms with Gasteiger partial charge in [-0.25, -0.2) is 0 Å². The Morgan fingerprint density at radius 2 is 1.76 bits per heavy atom. The molecule has 1 heterocycles. The number of anilines is 2. The molecule has 0 aromatic heterocycles. The Bertz CT molecular complexity index is 686. The Hall–Kier alpha value is -2.41. The van der Waals surface area contributed by atoms with Crippen molar-refractivity contribution >= 4 is 11.4 Å². The fourth-order valence-electron chi connectivity index (χ4n) is 2.78. The van der Waals surface area contributed by atoms with Crippen LogP contribution in [0, 0.1) is 0 Å². The molecule has 134 valence electrons. The maximum atomic E-state index is 12.7. The van der Waals surface area contributed by atoms with Gasteiger partial charge in [0.05, 0.1) is 5.69 Å². The van der Waals surface area contributed by atoms with Gasteiger partial charge in [-0.1, -0.05) is 30.3 Å². The topological polar surface area (TPSA) is 36.5 Å². The van der Waals surface area contributed by atoms with Crippen molar-refractivity contribution in [3.63, 3.8) is 0 Å². The molecule has 0 saturated carbocycles. The second-order valence-corrected chi connectivity index (χ2v) is 5.80. The normalized spacial score (nSPS) is 15.1. The molecule has 3 rings (SSSR count). The van der Waals surface area contributed by atoms with E-state index in [-0.39, 0.29) is 5.75 Å². The van der Waals surface area contributed by atoms with Crippen molar-refractivity contribution < 1.29 is 17.9 Å². The Labute approximate surface area is 144 Å². The van der Waals surface area contributed by atoms with E-state index in [1.807, 2.05) is 30.3 Å². The van der Waals surface area contributed by atoms with Crippen LogP contribution in [0.4, 0.5) is 24.5 Å². The maximum Gasteiger partial charge on any atom is 0.573 e. The van der Waals surface area contributed by atoms with Gasteiger partial charge in [-0.2, -0.15) is 0 Å². The highest BCUT2D eigenvalue weighted by Gasteiger charge is 2.32. The molecule has 0 unspecified atom stereocenters. The molecule has 2 N–H and O–H groups in total. The molecule has 7 heteroatoms. The monoisotopic (exact) mass is 351 g/mol. The lowest BCUT2D eigenvalue weighted by atomic mass is 10.2. The molecule has 2 aromatic carbocycles. The van der Waals surface area contributed by atoms with Crippen molar-refractivity contribution in [2.45, 2.75) is 12.9 Å². The number of ether oxygens (including phenoxy) is 1. The summed E-state index contributed by atoms with van der Waals surface area (Å²) in [6.45, 7) is 3.76. The van der Waals surface area contributed by atoms with Crippen LogP contribution >= 0.6 is 0 Å². The van der Waals surface area contributed by atoms with Crippen LogP contribution in [-0.4, -0.2) is 32.5 Å². The van der Waals surface area contributed by atoms with E-state index in [1.165, 1.54) is 6.07 Å². The fraction of sp³-hybridized carbons (Fsp3) is 0.333. The first-order chi connectivity index (χ1) is 12.0. The molecule has 2 aromatic rings. The number of alkyl halides is 3. The summed E-state index contributed by atoms with van der Waals surface area (Å²) in [5.74, 6) is -0.220. The largest absolute Gasteiger partial charge is 0.573 e. The molecule has 25 heavy (non-hydrogen) atoms. The van der Waals surface area contributed by atoms with Gasteiger partial charge in [0.1, 0.15) is 0 Å². The number of rotatable bonds is 5. The van der Waals surface area contributed by atoms with Gasteiger partial charge >= 0.3 is 6.36 Å². The SMILES string of the molecule is FC(F)(F)Oc1ccc(N2CCNCC2)cc1NCc1ccccc1. The predicted molar refractivity (Wildman–Crippen MR) is 92.0 cm³/mol. The summed E-state index contributed by atoms with van der Waals surface area (Å²) >= 11 is 0. The first-order valence-corrected chi connectivity index (χ1v) is 8.14. The Morgan fingerprint density at radius 3 is 2.44 bits per heavy atom. The zero-order chi connectivity index (χ0) is 17.7. The highest BCUT2D eigenvalue weighted by Crippen LogP contribution is 2.34. The summed E-state index contributed by atoms with van der Waals surface area (Å²) < 4.78 is 42.2. The van der Waals surface area contributed by atoms with E-state index in [1.54, 1.807) is 12.1 Å². The minimum atomic E-state index is -4.72. The second-order valence-electron chi connectivity index (χ2n) is 5.80. The third-order valence-electron chi connectivity index (χ3n) is 4.00.